The van der Waals surface area contributed by atoms with Gasteiger partial charge < -0.3 is 9.15 Å². The molecule has 122 valence electrons. The molecule has 0 N–H and O–H groups in total. The Balaban J connectivity index is 1.70. The Morgan fingerprint density at radius 1 is 1.08 bits per heavy atom. The van der Waals surface area contributed by atoms with Crippen molar-refractivity contribution in [3.05, 3.63) is 69.6 Å². The molecule has 24 heavy (non-hydrogen) atoms. The monoisotopic (exact) mass is 325 g/mol. The molecule has 0 saturated carbocycles. The second-order valence-corrected chi connectivity index (χ2v) is 5.42. The summed E-state index contributed by atoms with van der Waals surface area (Å²) in [4.78, 5) is 10.2. The van der Waals surface area contributed by atoms with Gasteiger partial charge in [-0.3, -0.25) is 10.1 Å². The zero-order valence-electron chi connectivity index (χ0n) is 13.2. The van der Waals surface area contributed by atoms with E-state index in [-0.39, 0.29) is 12.3 Å². The SMILES string of the molecule is Cc1cc(C)cc(OCc2nnc(-c3ccc([N+](=O)[O-])cc3)o2)c1. The summed E-state index contributed by atoms with van der Waals surface area (Å²) in [6.07, 6.45) is 0. The molecule has 0 fully saturated rings. The first-order valence-corrected chi connectivity index (χ1v) is 7.29. The van der Waals surface area contributed by atoms with Crippen LogP contribution in [0.3, 0.4) is 0 Å². The molecule has 0 aliphatic heterocycles. The van der Waals surface area contributed by atoms with Gasteiger partial charge in [0.15, 0.2) is 6.61 Å². The Kier molecular flexibility index (Phi) is 4.24. The largest absolute Gasteiger partial charge is 0.484 e. The molecule has 0 spiro atoms. The van der Waals surface area contributed by atoms with Gasteiger partial charge in [-0.25, -0.2) is 0 Å². The van der Waals surface area contributed by atoms with Crippen molar-refractivity contribution in [3.63, 3.8) is 0 Å². The van der Waals surface area contributed by atoms with Gasteiger partial charge in [0.05, 0.1) is 4.92 Å². The van der Waals surface area contributed by atoms with E-state index in [4.69, 9.17) is 9.15 Å². The number of nitro benzene ring substituents is 1. The van der Waals surface area contributed by atoms with Gasteiger partial charge >= 0.3 is 0 Å². The van der Waals surface area contributed by atoms with E-state index in [1.54, 1.807) is 12.1 Å². The maximum atomic E-state index is 10.7. The van der Waals surface area contributed by atoms with E-state index in [1.165, 1.54) is 12.1 Å². The predicted molar refractivity (Wildman–Crippen MR) is 86.6 cm³/mol. The topological polar surface area (TPSA) is 91.3 Å². The number of hydrogen-bond donors (Lipinski definition) is 0. The van der Waals surface area contributed by atoms with Crippen molar-refractivity contribution in [2.24, 2.45) is 0 Å². The highest BCUT2D eigenvalue weighted by atomic mass is 16.6. The summed E-state index contributed by atoms with van der Waals surface area (Å²) in [6, 6.07) is 11.9. The number of nitro groups is 1. The smallest absolute Gasteiger partial charge is 0.269 e. The lowest BCUT2D eigenvalue weighted by atomic mass is 10.1. The third-order valence-corrected chi connectivity index (χ3v) is 3.35. The van der Waals surface area contributed by atoms with Gasteiger partial charge in [-0.15, -0.1) is 10.2 Å². The molecule has 3 rings (SSSR count). The number of aryl methyl sites for hydroxylation is 2. The minimum Gasteiger partial charge on any atom is -0.484 e. The van der Waals surface area contributed by atoms with Crippen molar-refractivity contribution in [1.29, 1.82) is 0 Å². The zero-order chi connectivity index (χ0) is 17.1. The van der Waals surface area contributed by atoms with E-state index in [1.807, 2.05) is 26.0 Å². The molecular weight excluding hydrogens is 310 g/mol. The van der Waals surface area contributed by atoms with E-state index in [0.717, 1.165) is 16.9 Å². The molecule has 1 heterocycles. The average Bonchev–Trinajstić information content (AvgIpc) is 3.01. The fraction of sp³-hybridized carbons (Fsp3) is 0.176. The second-order valence-electron chi connectivity index (χ2n) is 5.42. The van der Waals surface area contributed by atoms with Crippen LogP contribution >= 0.6 is 0 Å². The molecule has 1 aromatic heterocycles. The van der Waals surface area contributed by atoms with Crippen LogP contribution in [0.15, 0.2) is 46.9 Å². The Morgan fingerprint density at radius 3 is 2.38 bits per heavy atom. The molecule has 0 saturated heterocycles. The summed E-state index contributed by atoms with van der Waals surface area (Å²) in [5, 5.41) is 18.5. The minimum absolute atomic E-state index is 0.0108. The molecule has 0 aliphatic carbocycles. The Bertz CT molecular complexity index is 852. The van der Waals surface area contributed by atoms with Gasteiger partial charge in [-0.1, -0.05) is 6.07 Å². The maximum Gasteiger partial charge on any atom is 0.269 e. The van der Waals surface area contributed by atoms with Crippen LogP contribution in [0.2, 0.25) is 0 Å². The number of rotatable bonds is 5. The minimum atomic E-state index is -0.458. The number of ether oxygens (including phenoxy) is 1. The molecule has 0 bridgehead atoms. The highest BCUT2D eigenvalue weighted by molar-refractivity contribution is 5.55. The molecule has 0 aliphatic rings. The number of hydrogen-bond acceptors (Lipinski definition) is 6. The quantitative estimate of drug-likeness (QED) is 0.523. The summed E-state index contributed by atoms with van der Waals surface area (Å²) in [5.41, 5.74) is 2.85. The molecule has 0 amide bonds. The van der Waals surface area contributed by atoms with E-state index in [2.05, 4.69) is 16.3 Å². The molecule has 2 aromatic carbocycles. The highest BCUT2D eigenvalue weighted by Crippen LogP contribution is 2.22. The Labute approximate surface area is 138 Å². The van der Waals surface area contributed by atoms with Crippen LogP contribution in [0, 0.1) is 24.0 Å². The molecule has 7 nitrogen and oxygen atoms in total. The van der Waals surface area contributed by atoms with Crippen LogP contribution in [0.1, 0.15) is 17.0 Å². The molecule has 0 unspecified atom stereocenters. The molecule has 0 radical (unpaired) electrons. The number of benzene rings is 2. The predicted octanol–water partition coefficient (Wildman–Crippen LogP) is 3.84. The maximum absolute atomic E-state index is 10.7. The second kappa shape index (κ2) is 6.49. The first-order valence-electron chi connectivity index (χ1n) is 7.29. The normalized spacial score (nSPS) is 10.6. The van der Waals surface area contributed by atoms with E-state index >= 15 is 0 Å². The molecule has 3 aromatic rings. The number of nitrogens with zero attached hydrogens (tertiary/aromatic N) is 3. The van der Waals surface area contributed by atoms with E-state index in [9.17, 15) is 10.1 Å². The summed E-state index contributed by atoms with van der Waals surface area (Å²) in [7, 11) is 0. The summed E-state index contributed by atoms with van der Waals surface area (Å²) in [5.74, 6) is 1.37. The van der Waals surface area contributed by atoms with Crippen molar-refractivity contribution < 1.29 is 14.1 Å². The van der Waals surface area contributed by atoms with Crippen LogP contribution in [-0.4, -0.2) is 15.1 Å². The third-order valence-electron chi connectivity index (χ3n) is 3.35. The lowest BCUT2D eigenvalue weighted by molar-refractivity contribution is -0.384. The van der Waals surface area contributed by atoms with Gasteiger partial charge in [-0.2, -0.15) is 0 Å². The lowest BCUT2D eigenvalue weighted by Crippen LogP contribution is -1.96. The van der Waals surface area contributed by atoms with Crippen LogP contribution in [0.25, 0.3) is 11.5 Å². The van der Waals surface area contributed by atoms with Gasteiger partial charge in [0.25, 0.3) is 11.6 Å². The van der Waals surface area contributed by atoms with Crippen LogP contribution in [0.4, 0.5) is 5.69 Å². The molecular formula is C17H15N3O4. The van der Waals surface area contributed by atoms with Crippen LogP contribution < -0.4 is 4.74 Å². The van der Waals surface area contributed by atoms with Crippen molar-refractivity contribution in [2.75, 3.05) is 0 Å². The highest BCUT2D eigenvalue weighted by Gasteiger charge is 2.11. The number of aromatic nitrogens is 2. The number of non-ortho nitro benzene ring substituents is 1. The molecule has 0 atom stereocenters. The van der Waals surface area contributed by atoms with E-state index < -0.39 is 4.92 Å². The van der Waals surface area contributed by atoms with Gasteiger partial charge in [0.2, 0.25) is 5.89 Å². The lowest BCUT2D eigenvalue weighted by Gasteiger charge is -2.05. The fourth-order valence-corrected chi connectivity index (χ4v) is 2.32. The first-order chi connectivity index (χ1) is 11.5. The first kappa shape index (κ1) is 15.7. The van der Waals surface area contributed by atoms with Gasteiger partial charge in [-0.05, 0) is 49.2 Å². The Morgan fingerprint density at radius 2 is 1.75 bits per heavy atom. The zero-order valence-corrected chi connectivity index (χ0v) is 13.2. The fourth-order valence-electron chi connectivity index (χ4n) is 2.32. The van der Waals surface area contributed by atoms with Gasteiger partial charge in [0.1, 0.15) is 5.75 Å². The van der Waals surface area contributed by atoms with Crippen molar-refractivity contribution in [1.82, 2.24) is 10.2 Å². The van der Waals surface area contributed by atoms with Crippen LogP contribution in [-0.2, 0) is 6.61 Å². The van der Waals surface area contributed by atoms with Crippen molar-refractivity contribution >= 4 is 5.69 Å². The average molecular weight is 325 g/mol. The Hall–Kier alpha value is -3.22. The summed E-state index contributed by atoms with van der Waals surface area (Å²) in [6.45, 7) is 4.15. The van der Waals surface area contributed by atoms with Crippen molar-refractivity contribution in [2.45, 2.75) is 20.5 Å². The third kappa shape index (κ3) is 3.57. The molecule has 7 heteroatoms. The summed E-state index contributed by atoms with van der Waals surface area (Å²) >= 11 is 0. The standard InChI is InChI=1S/C17H15N3O4/c1-11-7-12(2)9-15(8-11)23-10-16-18-19-17(24-16)13-3-5-14(6-4-13)20(21)22/h3-9H,10H2,1-2H3. The van der Waals surface area contributed by atoms with Gasteiger partial charge in [0, 0.05) is 17.7 Å². The van der Waals surface area contributed by atoms with E-state index in [0.29, 0.717) is 17.3 Å². The van der Waals surface area contributed by atoms with Crippen molar-refractivity contribution in [3.8, 4) is 17.2 Å². The van der Waals surface area contributed by atoms with Crippen LogP contribution in [0.5, 0.6) is 5.75 Å². The summed E-state index contributed by atoms with van der Waals surface area (Å²) < 4.78 is 11.2.